The summed E-state index contributed by atoms with van der Waals surface area (Å²) in [4.78, 5) is 0. The van der Waals surface area contributed by atoms with Crippen LogP contribution in [0.2, 0.25) is 0 Å². The van der Waals surface area contributed by atoms with Crippen LogP contribution in [0.4, 0.5) is 8.78 Å². The van der Waals surface area contributed by atoms with Crippen molar-refractivity contribution in [1.82, 2.24) is 0 Å². The topological polar surface area (TPSA) is 53.2 Å². The van der Waals surface area contributed by atoms with Crippen LogP contribution in [-0.2, 0) is 4.74 Å². The second-order valence-electron chi connectivity index (χ2n) is 4.14. The third kappa shape index (κ3) is 2.02. The molecule has 1 saturated heterocycles. The molecule has 17 heavy (non-hydrogen) atoms. The first kappa shape index (κ1) is 12.0. The molecule has 0 bridgehead atoms. The van der Waals surface area contributed by atoms with Crippen molar-refractivity contribution >= 4 is 0 Å². The van der Waals surface area contributed by atoms with Gasteiger partial charge in [-0.25, -0.2) is 8.78 Å². The van der Waals surface area contributed by atoms with E-state index in [2.05, 4.69) is 0 Å². The number of nitriles is 1. The van der Waals surface area contributed by atoms with Gasteiger partial charge < -0.3 is 9.84 Å². The summed E-state index contributed by atoms with van der Waals surface area (Å²) in [5.41, 5.74) is -1.38. The lowest BCUT2D eigenvalue weighted by molar-refractivity contribution is 0.0476. The Labute approximate surface area is 97.2 Å². The number of rotatable bonds is 2. The normalized spacial score (nSPS) is 25.5. The lowest BCUT2D eigenvalue weighted by atomic mass is 9.79. The van der Waals surface area contributed by atoms with Crippen molar-refractivity contribution < 1.29 is 18.6 Å². The molecule has 2 unspecified atom stereocenters. The highest BCUT2D eigenvalue weighted by molar-refractivity contribution is 5.26. The van der Waals surface area contributed by atoms with Crippen LogP contribution in [0, 0.1) is 28.4 Å². The zero-order valence-corrected chi connectivity index (χ0v) is 8.99. The minimum absolute atomic E-state index is 0.0284. The Bertz CT molecular complexity index is 464. The van der Waals surface area contributed by atoms with Crippen molar-refractivity contribution in [3.05, 3.63) is 35.4 Å². The van der Waals surface area contributed by atoms with E-state index in [-0.39, 0.29) is 12.2 Å². The fourth-order valence-electron chi connectivity index (χ4n) is 1.97. The van der Waals surface area contributed by atoms with Gasteiger partial charge in [0.1, 0.15) is 23.2 Å². The van der Waals surface area contributed by atoms with Gasteiger partial charge in [0.15, 0.2) is 0 Å². The molecule has 1 fully saturated rings. The molecule has 2 rings (SSSR count). The molecule has 0 saturated carbocycles. The predicted octanol–water partition coefficient (Wildman–Crippen LogP) is 1.93. The van der Waals surface area contributed by atoms with Crippen molar-refractivity contribution in [1.29, 1.82) is 5.26 Å². The first-order chi connectivity index (χ1) is 8.09. The Morgan fingerprint density at radius 3 is 2.82 bits per heavy atom. The first-order valence-corrected chi connectivity index (χ1v) is 5.21. The van der Waals surface area contributed by atoms with Gasteiger partial charge in [-0.2, -0.15) is 5.26 Å². The standard InChI is InChI=1S/C12H11F2NO2/c13-8-1-2-10(14)9(5-8)11(16)12(6-15)3-4-17-7-12/h1-2,5,11,16H,3-4,7H2. The maximum Gasteiger partial charge on any atom is 0.129 e. The summed E-state index contributed by atoms with van der Waals surface area (Å²) in [6.07, 6.45) is -1.08. The highest BCUT2D eigenvalue weighted by Crippen LogP contribution is 2.41. The van der Waals surface area contributed by atoms with Crippen LogP contribution < -0.4 is 0 Å². The number of hydrogen-bond donors (Lipinski definition) is 1. The maximum atomic E-state index is 13.5. The number of ether oxygens (including phenoxy) is 1. The van der Waals surface area contributed by atoms with E-state index in [1.807, 2.05) is 6.07 Å². The Kier molecular flexibility index (Phi) is 3.09. The van der Waals surface area contributed by atoms with Crippen LogP contribution in [0.5, 0.6) is 0 Å². The second-order valence-corrected chi connectivity index (χ2v) is 4.14. The average molecular weight is 239 g/mol. The zero-order valence-electron chi connectivity index (χ0n) is 8.99. The molecule has 0 aliphatic carbocycles. The van der Waals surface area contributed by atoms with Crippen molar-refractivity contribution in [3.8, 4) is 6.07 Å². The molecule has 0 aromatic heterocycles. The summed E-state index contributed by atoms with van der Waals surface area (Å²) in [5, 5.41) is 19.2. The van der Waals surface area contributed by atoms with Gasteiger partial charge in [-0.3, -0.25) is 0 Å². The lowest BCUT2D eigenvalue weighted by Crippen LogP contribution is -2.28. The van der Waals surface area contributed by atoms with E-state index in [1.54, 1.807) is 0 Å². The summed E-state index contributed by atoms with van der Waals surface area (Å²) in [7, 11) is 0. The summed E-state index contributed by atoms with van der Waals surface area (Å²) < 4.78 is 31.6. The van der Waals surface area contributed by atoms with Gasteiger partial charge in [0.05, 0.1) is 12.7 Å². The molecule has 1 aromatic rings. The van der Waals surface area contributed by atoms with Crippen molar-refractivity contribution in [2.45, 2.75) is 12.5 Å². The monoisotopic (exact) mass is 239 g/mol. The Morgan fingerprint density at radius 2 is 2.24 bits per heavy atom. The van der Waals surface area contributed by atoms with Crippen LogP contribution in [0.1, 0.15) is 18.1 Å². The van der Waals surface area contributed by atoms with Crippen LogP contribution >= 0.6 is 0 Å². The highest BCUT2D eigenvalue weighted by Gasteiger charge is 2.44. The molecule has 5 heteroatoms. The molecular formula is C12H11F2NO2. The van der Waals surface area contributed by atoms with E-state index in [0.29, 0.717) is 13.0 Å². The van der Waals surface area contributed by atoms with Crippen LogP contribution in [0.3, 0.4) is 0 Å². The molecular weight excluding hydrogens is 228 g/mol. The van der Waals surface area contributed by atoms with E-state index in [0.717, 1.165) is 18.2 Å². The summed E-state index contributed by atoms with van der Waals surface area (Å²) in [5.74, 6) is -1.37. The molecule has 1 aliphatic heterocycles. The van der Waals surface area contributed by atoms with Gasteiger partial charge in [0.25, 0.3) is 0 Å². The van der Waals surface area contributed by atoms with Gasteiger partial charge in [-0.05, 0) is 24.6 Å². The predicted molar refractivity (Wildman–Crippen MR) is 54.8 cm³/mol. The zero-order chi connectivity index (χ0) is 12.5. The molecule has 1 N–H and O–H groups in total. The molecule has 0 radical (unpaired) electrons. The van der Waals surface area contributed by atoms with Crippen molar-refractivity contribution in [3.63, 3.8) is 0 Å². The molecule has 1 aromatic carbocycles. The molecule has 90 valence electrons. The van der Waals surface area contributed by atoms with Crippen LogP contribution in [0.15, 0.2) is 18.2 Å². The molecule has 1 aliphatic rings. The number of hydrogen-bond acceptors (Lipinski definition) is 3. The fourth-order valence-corrected chi connectivity index (χ4v) is 1.97. The number of halogens is 2. The third-order valence-electron chi connectivity index (χ3n) is 3.05. The van der Waals surface area contributed by atoms with E-state index in [4.69, 9.17) is 10.00 Å². The first-order valence-electron chi connectivity index (χ1n) is 5.21. The smallest absolute Gasteiger partial charge is 0.129 e. The highest BCUT2D eigenvalue weighted by atomic mass is 19.1. The molecule has 3 nitrogen and oxygen atoms in total. The Hall–Kier alpha value is -1.51. The van der Waals surface area contributed by atoms with Crippen LogP contribution in [-0.4, -0.2) is 18.3 Å². The van der Waals surface area contributed by atoms with E-state index < -0.39 is 23.2 Å². The minimum Gasteiger partial charge on any atom is -0.387 e. The Balaban J connectivity index is 2.39. The largest absolute Gasteiger partial charge is 0.387 e. The number of aliphatic hydroxyl groups excluding tert-OH is 1. The molecule has 0 spiro atoms. The van der Waals surface area contributed by atoms with E-state index in [1.165, 1.54) is 0 Å². The molecule has 2 atom stereocenters. The van der Waals surface area contributed by atoms with Crippen molar-refractivity contribution in [2.24, 2.45) is 5.41 Å². The van der Waals surface area contributed by atoms with Gasteiger partial charge in [0, 0.05) is 12.2 Å². The van der Waals surface area contributed by atoms with E-state index >= 15 is 0 Å². The quantitative estimate of drug-likeness (QED) is 0.857. The van der Waals surface area contributed by atoms with Gasteiger partial charge in [-0.15, -0.1) is 0 Å². The van der Waals surface area contributed by atoms with Gasteiger partial charge in [0.2, 0.25) is 0 Å². The number of aliphatic hydroxyl groups is 1. The van der Waals surface area contributed by atoms with Crippen molar-refractivity contribution in [2.75, 3.05) is 13.2 Å². The number of nitrogens with zero attached hydrogens (tertiary/aromatic N) is 1. The molecule has 1 heterocycles. The number of benzene rings is 1. The maximum absolute atomic E-state index is 13.5. The van der Waals surface area contributed by atoms with Gasteiger partial charge >= 0.3 is 0 Å². The summed E-state index contributed by atoms with van der Waals surface area (Å²) in [6.45, 7) is 0.363. The fraction of sp³-hybridized carbons (Fsp3) is 0.417. The minimum atomic E-state index is -1.38. The van der Waals surface area contributed by atoms with E-state index in [9.17, 15) is 13.9 Å². The summed E-state index contributed by atoms with van der Waals surface area (Å²) >= 11 is 0. The average Bonchev–Trinajstić information content (AvgIpc) is 2.81. The second kappa shape index (κ2) is 4.40. The lowest BCUT2D eigenvalue weighted by Gasteiger charge is -2.25. The summed E-state index contributed by atoms with van der Waals surface area (Å²) in [6, 6.07) is 4.78. The Morgan fingerprint density at radius 1 is 1.47 bits per heavy atom. The van der Waals surface area contributed by atoms with Crippen LogP contribution in [0.25, 0.3) is 0 Å². The SMILES string of the molecule is N#CC1(C(O)c2cc(F)ccc2F)CCOC1. The third-order valence-corrected chi connectivity index (χ3v) is 3.05. The van der Waals surface area contributed by atoms with Gasteiger partial charge in [-0.1, -0.05) is 0 Å². The molecule has 0 amide bonds.